The monoisotopic (exact) mass is 309 g/mol. The van der Waals surface area contributed by atoms with E-state index in [9.17, 15) is 5.26 Å². The normalized spacial score (nSPS) is 21.9. The Balaban J connectivity index is 3.12. The van der Waals surface area contributed by atoms with Crippen molar-refractivity contribution in [1.29, 1.82) is 5.26 Å². The highest BCUT2D eigenvalue weighted by Gasteiger charge is 2.17. The number of hydrogen-bond acceptors (Lipinski definition) is 3. The highest BCUT2D eigenvalue weighted by Crippen LogP contribution is 2.22. The first kappa shape index (κ1) is 18.6. The Morgan fingerprint density at radius 1 is 1.39 bits per heavy atom. The lowest BCUT2D eigenvalue weighted by Crippen LogP contribution is -2.20. The number of nitriles is 1. The first-order valence-electron chi connectivity index (χ1n) is 7.33. The van der Waals surface area contributed by atoms with Crippen molar-refractivity contribution in [3.8, 4) is 6.07 Å². The molecule has 0 saturated carbocycles. The third-order valence-corrected chi connectivity index (χ3v) is 3.36. The number of ether oxygens (including phenoxy) is 2. The van der Waals surface area contributed by atoms with Gasteiger partial charge in [-0.1, -0.05) is 49.1 Å². The Bertz CT molecular complexity index is 639. The van der Waals surface area contributed by atoms with Crippen LogP contribution in [0.3, 0.4) is 0 Å². The molecule has 0 heterocycles. The van der Waals surface area contributed by atoms with Gasteiger partial charge in [0.2, 0.25) is 0 Å². The molecule has 1 unspecified atom stereocenters. The van der Waals surface area contributed by atoms with Crippen LogP contribution < -0.4 is 0 Å². The van der Waals surface area contributed by atoms with Crippen molar-refractivity contribution in [3.05, 3.63) is 84.1 Å². The largest absolute Gasteiger partial charge is 0.381 e. The van der Waals surface area contributed by atoms with Crippen LogP contribution in [0.25, 0.3) is 0 Å². The van der Waals surface area contributed by atoms with Crippen LogP contribution in [0.1, 0.15) is 6.92 Å². The van der Waals surface area contributed by atoms with Crippen LogP contribution in [0.4, 0.5) is 0 Å². The summed E-state index contributed by atoms with van der Waals surface area (Å²) < 4.78 is 10.4. The van der Waals surface area contributed by atoms with E-state index >= 15 is 0 Å². The number of methoxy groups -OCH3 is 2. The predicted molar refractivity (Wildman–Crippen MR) is 94.8 cm³/mol. The maximum atomic E-state index is 9.50. The molecule has 23 heavy (non-hydrogen) atoms. The van der Waals surface area contributed by atoms with Gasteiger partial charge in [-0.3, -0.25) is 0 Å². The second kappa shape index (κ2) is 9.58. The Morgan fingerprint density at radius 2 is 2.17 bits per heavy atom. The van der Waals surface area contributed by atoms with Gasteiger partial charge in [0.1, 0.15) is 5.60 Å². The highest BCUT2D eigenvalue weighted by molar-refractivity contribution is 5.55. The predicted octanol–water partition coefficient (Wildman–Crippen LogP) is 4.21. The number of allylic oxidation sites excluding steroid dienone is 10. The molecule has 3 heteroatoms. The van der Waals surface area contributed by atoms with Crippen LogP contribution in [0.2, 0.25) is 0 Å². The standard InChI is InChI=1S/C20H23NO2/c1-5-8-17(9-7-14-22-3)15-19(16-21)18-10-6-12-20(2,23-4)13-11-18/h5-13,15H,1,14H2,2-4H3/b9-7-,17-8+,19-15+. The zero-order valence-electron chi connectivity index (χ0n) is 14.0. The van der Waals surface area contributed by atoms with Gasteiger partial charge in [-0.05, 0) is 36.3 Å². The average Bonchev–Trinajstić information content (AvgIpc) is 2.75. The molecule has 0 radical (unpaired) electrons. The maximum Gasteiger partial charge on any atom is 0.102 e. The molecule has 0 aliphatic heterocycles. The lowest BCUT2D eigenvalue weighted by atomic mass is 10.0. The van der Waals surface area contributed by atoms with Gasteiger partial charge in [-0.15, -0.1) is 0 Å². The molecule has 0 N–H and O–H groups in total. The van der Waals surface area contributed by atoms with E-state index in [2.05, 4.69) is 12.6 Å². The Labute approximate surface area is 138 Å². The van der Waals surface area contributed by atoms with Crippen molar-refractivity contribution in [2.75, 3.05) is 20.8 Å². The number of hydrogen-bond donors (Lipinski definition) is 0. The fraction of sp³-hybridized carbons (Fsp3) is 0.250. The van der Waals surface area contributed by atoms with Crippen molar-refractivity contribution in [3.63, 3.8) is 0 Å². The summed E-state index contributed by atoms with van der Waals surface area (Å²) in [4.78, 5) is 0. The Hall–Kier alpha value is -2.41. The molecular weight excluding hydrogens is 286 g/mol. The van der Waals surface area contributed by atoms with Crippen molar-refractivity contribution < 1.29 is 9.47 Å². The number of rotatable bonds is 7. The molecule has 1 aliphatic rings. The maximum absolute atomic E-state index is 9.50. The van der Waals surface area contributed by atoms with Crippen molar-refractivity contribution in [2.24, 2.45) is 0 Å². The molecular formula is C20H23NO2. The topological polar surface area (TPSA) is 42.2 Å². The van der Waals surface area contributed by atoms with Gasteiger partial charge in [0, 0.05) is 14.2 Å². The average molecular weight is 309 g/mol. The highest BCUT2D eigenvalue weighted by atomic mass is 16.5. The lowest BCUT2D eigenvalue weighted by molar-refractivity contribution is 0.0908. The molecule has 0 saturated heterocycles. The van der Waals surface area contributed by atoms with E-state index in [1.807, 2.05) is 61.6 Å². The van der Waals surface area contributed by atoms with E-state index in [4.69, 9.17) is 9.47 Å². The molecule has 0 aromatic rings. The first-order chi connectivity index (χ1) is 11.1. The van der Waals surface area contributed by atoms with Crippen LogP contribution in [-0.2, 0) is 9.47 Å². The third kappa shape index (κ3) is 6.07. The van der Waals surface area contributed by atoms with Crippen LogP contribution in [0.15, 0.2) is 84.1 Å². The fourth-order valence-corrected chi connectivity index (χ4v) is 1.94. The molecule has 0 amide bonds. The Morgan fingerprint density at radius 3 is 2.78 bits per heavy atom. The number of nitrogens with zero attached hydrogens (tertiary/aromatic N) is 1. The Kier molecular flexibility index (Phi) is 7.76. The van der Waals surface area contributed by atoms with E-state index in [0.29, 0.717) is 12.2 Å². The van der Waals surface area contributed by atoms with E-state index in [1.165, 1.54) is 0 Å². The zero-order chi connectivity index (χ0) is 17.1. The van der Waals surface area contributed by atoms with Gasteiger partial charge in [0.05, 0.1) is 18.2 Å². The second-order valence-corrected chi connectivity index (χ2v) is 5.13. The molecule has 1 rings (SSSR count). The zero-order valence-corrected chi connectivity index (χ0v) is 14.0. The first-order valence-corrected chi connectivity index (χ1v) is 7.33. The van der Waals surface area contributed by atoms with Crippen LogP contribution >= 0.6 is 0 Å². The molecule has 0 bridgehead atoms. The van der Waals surface area contributed by atoms with Crippen molar-refractivity contribution >= 4 is 0 Å². The van der Waals surface area contributed by atoms with Crippen molar-refractivity contribution in [1.82, 2.24) is 0 Å². The van der Waals surface area contributed by atoms with Gasteiger partial charge in [-0.25, -0.2) is 0 Å². The molecule has 1 atom stereocenters. The van der Waals surface area contributed by atoms with Crippen LogP contribution in [-0.4, -0.2) is 26.4 Å². The summed E-state index contributed by atoms with van der Waals surface area (Å²) in [5.74, 6) is 0. The quantitative estimate of drug-likeness (QED) is 0.522. The second-order valence-electron chi connectivity index (χ2n) is 5.13. The summed E-state index contributed by atoms with van der Waals surface area (Å²) in [7, 11) is 3.30. The van der Waals surface area contributed by atoms with E-state index in [-0.39, 0.29) is 0 Å². The van der Waals surface area contributed by atoms with Crippen LogP contribution in [0, 0.1) is 11.3 Å². The molecule has 0 aromatic heterocycles. The summed E-state index contributed by atoms with van der Waals surface area (Å²) in [6.45, 7) is 6.19. The molecule has 0 fully saturated rings. The van der Waals surface area contributed by atoms with Gasteiger partial charge >= 0.3 is 0 Å². The molecule has 0 spiro atoms. The summed E-state index contributed by atoms with van der Waals surface area (Å²) >= 11 is 0. The van der Waals surface area contributed by atoms with E-state index in [1.54, 1.807) is 20.3 Å². The van der Waals surface area contributed by atoms with Crippen LogP contribution in [0.5, 0.6) is 0 Å². The fourth-order valence-electron chi connectivity index (χ4n) is 1.94. The molecule has 0 aromatic carbocycles. The smallest absolute Gasteiger partial charge is 0.102 e. The molecule has 1 aliphatic carbocycles. The van der Waals surface area contributed by atoms with Gasteiger partial charge in [-0.2, -0.15) is 5.26 Å². The summed E-state index contributed by atoms with van der Waals surface area (Å²) in [5, 5.41) is 9.50. The third-order valence-electron chi connectivity index (χ3n) is 3.36. The summed E-state index contributed by atoms with van der Waals surface area (Å²) in [6, 6.07) is 2.25. The van der Waals surface area contributed by atoms with E-state index < -0.39 is 5.60 Å². The minimum absolute atomic E-state index is 0.461. The van der Waals surface area contributed by atoms with Gasteiger partial charge in [0.25, 0.3) is 0 Å². The van der Waals surface area contributed by atoms with Gasteiger partial charge < -0.3 is 9.47 Å². The summed E-state index contributed by atoms with van der Waals surface area (Å²) in [5.41, 5.74) is 1.82. The van der Waals surface area contributed by atoms with Crippen molar-refractivity contribution in [2.45, 2.75) is 12.5 Å². The minimum atomic E-state index is -0.461. The SMILES string of the molecule is C=C/C=C(\C=C/COC)/C=C(\C#N)C1=CC=CC(C)(OC)C=C1. The molecule has 120 valence electrons. The minimum Gasteiger partial charge on any atom is -0.381 e. The van der Waals surface area contributed by atoms with Gasteiger partial charge in [0.15, 0.2) is 0 Å². The lowest BCUT2D eigenvalue weighted by Gasteiger charge is -2.18. The van der Waals surface area contributed by atoms with E-state index in [0.717, 1.165) is 11.1 Å². The molecule has 3 nitrogen and oxygen atoms in total. The summed E-state index contributed by atoms with van der Waals surface area (Å²) in [6.07, 6.45) is 18.8.